The molecular weight excluding hydrogens is 292 g/mol. The standard InChI is InChI=1S/C11H12N2O2S2.ClH/c12-11-13(8-4-2-1-3-5-8)9-6-17(14,15)7-10(9)16-11;/h1-5,9-10,12H,6-7H2;1H/p-1. The summed E-state index contributed by atoms with van der Waals surface area (Å²) < 4.78 is 23.2. The van der Waals surface area contributed by atoms with Gasteiger partial charge >= 0.3 is 0 Å². The molecule has 18 heavy (non-hydrogen) atoms. The minimum Gasteiger partial charge on any atom is -1.00 e. The van der Waals surface area contributed by atoms with Gasteiger partial charge in [-0.25, -0.2) is 8.42 Å². The SMILES string of the molecule is N=C1SC2CS(=O)(=O)CC2N1c1ccccc1.[Cl-]. The summed E-state index contributed by atoms with van der Waals surface area (Å²) in [5.41, 5.74) is 0.912. The first-order valence-corrected chi connectivity index (χ1v) is 8.07. The van der Waals surface area contributed by atoms with Crippen LogP contribution in [0, 0.1) is 5.41 Å². The molecular formula is C11H12ClN2O2S2-. The maximum Gasteiger partial charge on any atom is 0.161 e. The topological polar surface area (TPSA) is 61.2 Å². The Balaban J connectivity index is 0.00000120. The molecule has 0 aromatic heterocycles. The number of benzene rings is 1. The fraction of sp³-hybridized carbons (Fsp3) is 0.364. The molecule has 1 aromatic carbocycles. The molecule has 0 spiro atoms. The zero-order valence-electron chi connectivity index (χ0n) is 9.41. The van der Waals surface area contributed by atoms with Gasteiger partial charge in [0.25, 0.3) is 0 Å². The summed E-state index contributed by atoms with van der Waals surface area (Å²) in [4.78, 5) is 1.85. The van der Waals surface area contributed by atoms with E-state index in [9.17, 15) is 8.42 Å². The van der Waals surface area contributed by atoms with E-state index in [-0.39, 0.29) is 35.2 Å². The van der Waals surface area contributed by atoms with Gasteiger partial charge in [-0.15, -0.1) is 0 Å². The van der Waals surface area contributed by atoms with Gasteiger partial charge in [-0.05, 0) is 12.1 Å². The van der Waals surface area contributed by atoms with Crippen molar-refractivity contribution in [2.75, 3.05) is 16.4 Å². The van der Waals surface area contributed by atoms with Gasteiger partial charge in [-0.3, -0.25) is 5.41 Å². The van der Waals surface area contributed by atoms with Crippen LogP contribution in [0.15, 0.2) is 30.3 Å². The van der Waals surface area contributed by atoms with Crippen LogP contribution in [0.25, 0.3) is 0 Å². The number of amidine groups is 1. The molecule has 0 aliphatic carbocycles. The zero-order valence-corrected chi connectivity index (χ0v) is 11.8. The first-order chi connectivity index (χ1) is 8.07. The summed E-state index contributed by atoms with van der Waals surface area (Å²) in [7, 11) is -2.93. The van der Waals surface area contributed by atoms with Crippen LogP contribution in [0.2, 0.25) is 0 Å². The molecule has 0 amide bonds. The number of rotatable bonds is 1. The number of hydrogen-bond acceptors (Lipinski definition) is 4. The van der Waals surface area contributed by atoms with Crippen molar-refractivity contribution in [2.45, 2.75) is 11.3 Å². The predicted molar refractivity (Wildman–Crippen MR) is 70.5 cm³/mol. The molecule has 2 atom stereocenters. The van der Waals surface area contributed by atoms with E-state index in [1.807, 2.05) is 35.2 Å². The lowest BCUT2D eigenvalue weighted by Gasteiger charge is -2.23. The molecule has 2 aliphatic rings. The van der Waals surface area contributed by atoms with Crippen LogP contribution in [0.1, 0.15) is 0 Å². The van der Waals surface area contributed by atoms with Crippen LogP contribution < -0.4 is 17.3 Å². The van der Waals surface area contributed by atoms with Gasteiger partial charge in [-0.2, -0.15) is 0 Å². The van der Waals surface area contributed by atoms with Crippen molar-refractivity contribution in [3.05, 3.63) is 30.3 Å². The summed E-state index contributed by atoms with van der Waals surface area (Å²) in [5.74, 6) is 0.371. The molecule has 2 unspecified atom stereocenters. The highest BCUT2D eigenvalue weighted by Gasteiger charge is 2.48. The van der Waals surface area contributed by atoms with Gasteiger partial charge in [0.2, 0.25) is 0 Å². The number of fused-ring (bicyclic) bond motifs is 1. The summed E-state index contributed by atoms with van der Waals surface area (Å²) in [5, 5.41) is 8.45. The van der Waals surface area contributed by atoms with E-state index in [1.165, 1.54) is 11.8 Å². The van der Waals surface area contributed by atoms with Gasteiger partial charge < -0.3 is 17.3 Å². The number of anilines is 1. The summed E-state index contributed by atoms with van der Waals surface area (Å²) >= 11 is 1.37. The Morgan fingerprint density at radius 2 is 1.89 bits per heavy atom. The highest BCUT2D eigenvalue weighted by Crippen LogP contribution is 2.39. The number of para-hydroxylation sites is 1. The van der Waals surface area contributed by atoms with E-state index in [0.29, 0.717) is 5.17 Å². The van der Waals surface area contributed by atoms with E-state index in [0.717, 1.165) is 5.69 Å². The molecule has 2 heterocycles. The highest BCUT2D eigenvalue weighted by atomic mass is 35.5. The summed E-state index contributed by atoms with van der Waals surface area (Å²) in [6.07, 6.45) is 0. The Hall–Kier alpha value is -0.720. The molecule has 0 radical (unpaired) electrons. The number of hydrogen-bond donors (Lipinski definition) is 1. The minimum atomic E-state index is -2.93. The van der Waals surface area contributed by atoms with Crippen LogP contribution in [0.5, 0.6) is 0 Å². The lowest BCUT2D eigenvalue weighted by Crippen LogP contribution is -3.00. The monoisotopic (exact) mass is 303 g/mol. The van der Waals surface area contributed by atoms with E-state index >= 15 is 0 Å². The first-order valence-electron chi connectivity index (χ1n) is 5.37. The van der Waals surface area contributed by atoms with Crippen molar-refractivity contribution in [3.63, 3.8) is 0 Å². The van der Waals surface area contributed by atoms with Gasteiger partial charge in [-0.1, -0.05) is 30.0 Å². The van der Waals surface area contributed by atoms with Crippen LogP contribution in [-0.2, 0) is 9.84 Å². The lowest BCUT2D eigenvalue weighted by molar-refractivity contribution is -0.00000595. The highest BCUT2D eigenvalue weighted by molar-refractivity contribution is 8.15. The molecule has 98 valence electrons. The molecule has 1 N–H and O–H groups in total. The molecule has 0 saturated carbocycles. The summed E-state index contributed by atoms with van der Waals surface area (Å²) in [6.45, 7) is 0. The average Bonchev–Trinajstić information content (AvgIpc) is 2.69. The van der Waals surface area contributed by atoms with Crippen molar-refractivity contribution < 1.29 is 20.8 Å². The fourth-order valence-corrected chi connectivity index (χ4v) is 6.19. The van der Waals surface area contributed by atoms with E-state index in [1.54, 1.807) is 0 Å². The largest absolute Gasteiger partial charge is 1.00 e. The molecule has 7 heteroatoms. The van der Waals surface area contributed by atoms with Gasteiger partial charge in [0.1, 0.15) is 0 Å². The second-order valence-corrected chi connectivity index (χ2v) is 7.69. The van der Waals surface area contributed by atoms with Gasteiger partial charge in [0.15, 0.2) is 15.0 Å². The Morgan fingerprint density at radius 1 is 1.22 bits per heavy atom. The van der Waals surface area contributed by atoms with Crippen molar-refractivity contribution >= 4 is 32.5 Å². The molecule has 2 saturated heterocycles. The van der Waals surface area contributed by atoms with Gasteiger partial charge in [0.05, 0.1) is 17.5 Å². The molecule has 2 aliphatic heterocycles. The third kappa shape index (κ3) is 2.24. The Kier molecular flexibility index (Phi) is 3.62. The van der Waals surface area contributed by atoms with Crippen LogP contribution in [0.3, 0.4) is 0 Å². The fourth-order valence-electron chi connectivity index (χ4n) is 2.40. The van der Waals surface area contributed by atoms with E-state index in [4.69, 9.17) is 5.41 Å². The third-order valence-electron chi connectivity index (χ3n) is 3.12. The number of thioether (sulfide) groups is 1. The second-order valence-electron chi connectivity index (χ2n) is 4.31. The minimum absolute atomic E-state index is 0. The predicted octanol–water partition coefficient (Wildman–Crippen LogP) is -1.66. The van der Waals surface area contributed by atoms with E-state index < -0.39 is 9.84 Å². The lowest BCUT2D eigenvalue weighted by atomic mass is 10.2. The zero-order chi connectivity index (χ0) is 12.0. The average molecular weight is 304 g/mol. The third-order valence-corrected chi connectivity index (χ3v) is 6.25. The van der Waals surface area contributed by atoms with Crippen LogP contribution in [0.4, 0.5) is 5.69 Å². The number of nitrogens with one attached hydrogen (secondary N) is 1. The molecule has 4 nitrogen and oxygen atoms in total. The number of nitrogens with zero attached hydrogens (tertiary/aromatic N) is 1. The second kappa shape index (κ2) is 4.75. The number of halogens is 1. The maximum absolute atomic E-state index is 11.6. The maximum atomic E-state index is 11.6. The molecule has 2 fully saturated rings. The van der Waals surface area contributed by atoms with Crippen LogP contribution >= 0.6 is 11.8 Å². The normalized spacial score (nSPS) is 28.9. The van der Waals surface area contributed by atoms with Crippen molar-refractivity contribution in [2.24, 2.45) is 0 Å². The smallest absolute Gasteiger partial charge is 0.161 e. The Bertz CT molecular complexity index is 562. The van der Waals surface area contributed by atoms with Gasteiger partial charge in [0, 0.05) is 10.9 Å². The van der Waals surface area contributed by atoms with E-state index in [2.05, 4.69) is 0 Å². The Labute approximate surface area is 117 Å². The van der Waals surface area contributed by atoms with Crippen LogP contribution in [-0.4, -0.2) is 36.4 Å². The quantitative estimate of drug-likeness (QED) is 0.675. The first kappa shape index (κ1) is 13.7. The van der Waals surface area contributed by atoms with Crippen molar-refractivity contribution in [1.29, 1.82) is 5.41 Å². The van der Waals surface area contributed by atoms with Crippen molar-refractivity contribution in [1.82, 2.24) is 0 Å². The number of sulfone groups is 1. The molecule has 1 aromatic rings. The Morgan fingerprint density at radius 3 is 2.56 bits per heavy atom. The molecule has 3 rings (SSSR count). The molecule has 0 bridgehead atoms. The van der Waals surface area contributed by atoms with Crippen molar-refractivity contribution in [3.8, 4) is 0 Å². The summed E-state index contributed by atoms with van der Waals surface area (Å²) in [6, 6.07) is 9.50.